The van der Waals surface area contributed by atoms with Crippen LogP contribution in [0.3, 0.4) is 0 Å². The molecule has 0 unspecified atom stereocenters. The molecule has 4 heteroatoms. The van der Waals surface area contributed by atoms with Gasteiger partial charge in [-0.05, 0) is 17.7 Å². The number of anilines is 1. The maximum atomic E-state index is 11.4. The van der Waals surface area contributed by atoms with E-state index in [0.717, 1.165) is 11.3 Å². The molecular weight excluding hydrogens is 216 g/mol. The third-order valence-corrected chi connectivity index (χ3v) is 2.39. The summed E-state index contributed by atoms with van der Waals surface area (Å²) in [6.45, 7) is 3.69. The largest absolute Gasteiger partial charge is 0.359 e. The van der Waals surface area contributed by atoms with E-state index in [1.165, 1.54) is 0 Å². The van der Waals surface area contributed by atoms with Crippen molar-refractivity contribution in [1.82, 2.24) is 5.32 Å². The first-order valence-corrected chi connectivity index (χ1v) is 5.63. The average Bonchev–Trinajstić information content (AvgIpc) is 2.31. The van der Waals surface area contributed by atoms with Crippen molar-refractivity contribution in [1.29, 1.82) is 0 Å². The molecule has 0 aliphatic carbocycles. The van der Waals surface area contributed by atoms with Gasteiger partial charge in [-0.3, -0.25) is 9.59 Å². The number of amides is 2. The highest BCUT2D eigenvalue weighted by Gasteiger charge is 2.07. The molecule has 0 aliphatic heterocycles. The van der Waals surface area contributed by atoms with Crippen molar-refractivity contribution >= 4 is 17.5 Å². The SMILES string of the molecule is CNC(=O)Cc1ccc(NC(=O)C(C)C)cc1. The minimum absolute atomic E-state index is 0.0101. The van der Waals surface area contributed by atoms with Gasteiger partial charge in [-0.15, -0.1) is 0 Å². The second-order valence-electron chi connectivity index (χ2n) is 4.19. The summed E-state index contributed by atoms with van der Waals surface area (Å²) in [6, 6.07) is 7.29. The molecule has 0 radical (unpaired) electrons. The van der Waals surface area contributed by atoms with Gasteiger partial charge in [0.25, 0.3) is 0 Å². The molecule has 1 aromatic carbocycles. The number of rotatable bonds is 4. The van der Waals surface area contributed by atoms with Crippen LogP contribution in [0.1, 0.15) is 19.4 Å². The zero-order valence-electron chi connectivity index (χ0n) is 10.4. The number of hydrogen-bond acceptors (Lipinski definition) is 2. The maximum Gasteiger partial charge on any atom is 0.226 e. The van der Waals surface area contributed by atoms with E-state index < -0.39 is 0 Å². The molecule has 1 rings (SSSR count). The molecule has 92 valence electrons. The van der Waals surface area contributed by atoms with Gasteiger partial charge in [-0.1, -0.05) is 26.0 Å². The van der Waals surface area contributed by atoms with E-state index in [2.05, 4.69) is 10.6 Å². The molecule has 0 heterocycles. The van der Waals surface area contributed by atoms with Gasteiger partial charge in [0.2, 0.25) is 11.8 Å². The zero-order chi connectivity index (χ0) is 12.8. The average molecular weight is 234 g/mol. The Balaban J connectivity index is 2.62. The molecule has 2 amide bonds. The Labute approximate surface area is 101 Å². The van der Waals surface area contributed by atoms with Gasteiger partial charge in [0.1, 0.15) is 0 Å². The maximum absolute atomic E-state index is 11.4. The molecule has 0 spiro atoms. The summed E-state index contributed by atoms with van der Waals surface area (Å²) in [5.74, 6) is -0.0754. The molecule has 0 fully saturated rings. The fourth-order valence-corrected chi connectivity index (χ4v) is 1.27. The first kappa shape index (κ1) is 13.2. The number of hydrogen-bond donors (Lipinski definition) is 2. The summed E-state index contributed by atoms with van der Waals surface area (Å²) in [6.07, 6.45) is 0.356. The van der Waals surface area contributed by atoms with Gasteiger partial charge in [-0.25, -0.2) is 0 Å². The minimum Gasteiger partial charge on any atom is -0.359 e. The second-order valence-corrected chi connectivity index (χ2v) is 4.19. The van der Waals surface area contributed by atoms with Crippen LogP contribution in [0, 0.1) is 5.92 Å². The van der Waals surface area contributed by atoms with Gasteiger partial charge in [-0.2, -0.15) is 0 Å². The van der Waals surface area contributed by atoms with E-state index >= 15 is 0 Å². The Kier molecular flexibility index (Phi) is 4.69. The van der Waals surface area contributed by atoms with Crippen molar-refractivity contribution in [3.8, 4) is 0 Å². The van der Waals surface area contributed by atoms with Crippen LogP contribution in [0.25, 0.3) is 0 Å². The summed E-state index contributed by atoms with van der Waals surface area (Å²) < 4.78 is 0. The quantitative estimate of drug-likeness (QED) is 0.830. The van der Waals surface area contributed by atoms with E-state index in [9.17, 15) is 9.59 Å². The van der Waals surface area contributed by atoms with Gasteiger partial charge in [0.05, 0.1) is 6.42 Å². The van der Waals surface area contributed by atoms with Crippen molar-refractivity contribution in [2.24, 2.45) is 5.92 Å². The van der Waals surface area contributed by atoms with E-state index in [1.54, 1.807) is 19.2 Å². The van der Waals surface area contributed by atoms with E-state index in [0.29, 0.717) is 6.42 Å². The van der Waals surface area contributed by atoms with Crippen LogP contribution >= 0.6 is 0 Å². The van der Waals surface area contributed by atoms with Crippen LogP contribution in [-0.2, 0) is 16.0 Å². The zero-order valence-corrected chi connectivity index (χ0v) is 10.4. The highest BCUT2D eigenvalue weighted by molar-refractivity contribution is 5.92. The van der Waals surface area contributed by atoms with Gasteiger partial charge >= 0.3 is 0 Å². The molecule has 0 bridgehead atoms. The fraction of sp³-hybridized carbons (Fsp3) is 0.385. The second kappa shape index (κ2) is 6.03. The molecule has 4 nitrogen and oxygen atoms in total. The molecule has 0 atom stereocenters. The molecule has 2 N–H and O–H groups in total. The van der Waals surface area contributed by atoms with Crippen LogP contribution in [0.15, 0.2) is 24.3 Å². The molecule has 0 saturated heterocycles. The predicted molar refractivity (Wildman–Crippen MR) is 67.7 cm³/mol. The van der Waals surface area contributed by atoms with Crippen molar-refractivity contribution in [3.63, 3.8) is 0 Å². The van der Waals surface area contributed by atoms with Crippen LogP contribution in [0.2, 0.25) is 0 Å². The Morgan fingerprint density at radius 3 is 2.24 bits per heavy atom. The standard InChI is InChI=1S/C13H18N2O2/c1-9(2)13(17)15-11-6-4-10(5-7-11)8-12(16)14-3/h4-7,9H,8H2,1-3H3,(H,14,16)(H,15,17). The van der Waals surface area contributed by atoms with Crippen molar-refractivity contribution in [2.45, 2.75) is 20.3 Å². The Morgan fingerprint density at radius 1 is 1.18 bits per heavy atom. The lowest BCUT2D eigenvalue weighted by Gasteiger charge is -2.08. The number of carbonyl (C=O) groups excluding carboxylic acids is 2. The predicted octanol–water partition coefficient (Wildman–Crippen LogP) is 1.57. The third-order valence-electron chi connectivity index (χ3n) is 2.39. The van der Waals surface area contributed by atoms with Crippen LogP contribution < -0.4 is 10.6 Å². The normalized spacial score (nSPS) is 10.1. The highest BCUT2D eigenvalue weighted by Crippen LogP contribution is 2.11. The van der Waals surface area contributed by atoms with E-state index in [4.69, 9.17) is 0 Å². The molecular formula is C13H18N2O2. The Hall–Kier alpha value is -1.84. The molecule has 0 aliphatic rings. The smallest absolute Gasteiger partial charge is 0.226 e. The lowest BCUT2D eigenvalue weighted by molar-refractivity contribution is -0.120. The van der Waals surface area contributed by atoms with Crippen LogP contribution in [0.4, 0.5) is 5.69 Å². The first-order chi connectivity index (χ1) is 8.02. The molecule has 0 aromatic heterocycles. The highest BCUT2D eigenvalue weighted by atomic mass is 16.2. The number of nitrogens with one attached hydrogen (secondary N) is 2. The van der Waals surface area contributed by atoms with Crippen molar-refractivity contribution < 1.29 is 9.59 Å². The number of benzene rings is 1. The first-order valence-electron chi connectivity index (χ1n) is 5.63. The van der Waals surface area contributed by atoms with Crippen LogP contribution in [-0.4, -0.2) is 18.9 Å². The molecule has 1 aromatic rings. The summed E-state index contributed by atoms with van der Waals surface area (Å²) in [5.41, 5.74) is 1.68. The summed E-state index contributed by atoms with van der Waals surface area (Å²) in [7, 11) is 1.61. The fourth-order valence-electron chi connectivity index (χ4n) is 1.27. The molecule has 0 saturated carbocycles. The monoisotopic (exact) mass is 234 g/mol. The van der Waals surface area contributed by atoms with Gasteiger partial charge in [0.15, 0.2) is 0 Å². The van der Waals surface area contributed by atoms with E-state index in [-0.39, 0.29) is 17.7 Å². The summed E-state index contributed by atoms with van der Waals surface area (Å²) in [5, 5.41) is 5.36. The van der Waals surface area contributed by atoms with Crippen molar-refractivity contribution in [2.75, 3.05) is 12.4 Å². The summed E-state index contributed by atoms with van der Waals surface area (Å²) in [4.78, 5) is 22.6. The lowest BCUT2D eigenvalue weighted by Crippen LogP contribution is -2.20. The minimum atomic E-state index is -0.0412. The summed E-state index contributed by atoms with van der Waals surface area (Å²) >= 11 is 0. The number of carbonyl (C=O) groups is 2. The van der Waals surface area contributed by atoms with Gasteiger partial charge in [0, 0.05) is 18.7 Å². The van der Waals surface area contributed by atoms with E-state index in [1.807, 2.05) is 26.0 Å². The Morgan fingerprint density at radius 2 is 1.76 bits per heavy atom. The van der Waals surface area contributed by atoms with Gasteiger partial charge < -0.3 is 10.6 Å². The Bertz CT molecular complexity index is 396. The van der Waals surface area contributed by atoms with Crippen molar-refractivity contribution in [3.05, 3.63) is 29.8 Å². The number of likely N-dealkylation sites (N-methyl/N-ethyl adjacent to an activating group) is 1. The molecule has 17 heavy (non-hydrogen) atoms. The lowest BCUT2D eigenvalue weighted by atomic mass is 10.1. The van der Waals surface area contributed by atoms with Crippen LogP contribution in [0.5, 0.6) is 0 Å². The topological polar surface area (TPSA) is 58.2 Å². The third kappa shape index (κ3) is 4.26.